The molecule has 1 heterocycles. The number of anilines is 1. The number of unbranched alkanes of at least 4 members (excludes halogenated alkanes) is 1. The average Bonchev–Trinajstić information content (AvgIpc) is 2.44. The number of aromatic nitrogens is 2. The molecule has 0 bridgehead atoms. The minimum Gasteiger partial charge on any atom is -0.372 e. The van der Waals surface area contributed by atoms with Gasteiger partial charge in [0.1, 0.15) is 5.82 Å². The fourth-order valence-corrected chi connectivity index (χ4v) is 2.05. The van der Waals surface area contributed by atoms with Gasteiger partial charge in [0.2, 0.25) is 0 Å². The van der Waals surface area contributed by atoms with Crippen molar-refractivity contribution < 1.29 is 0 Å². The van der Waals surface area contributed by atoms with E-state index in [9.17, 15) is 0 Å². The summed E-state index contributed by atoms with van der Waals surface area (Å²) in [6.07, 6.45) is 5.53. The molecule has 0 saturated heterocycles. The van der Waals surface area contributed by atoms with Crippen molar-refractivity contribution in [3.8, 4) is 0 Å². The number of nitrogens with zero attached hydrogens (tertiary/aromatic N) is 3. The van der Waals surface area contributed by atoms with Crippen LogP contribution >= 0.6 is 0 Å². The van der Waals surface area contributed by atoms with Crippen LogP contribution < -0.4 is 10.2 Å². The van der Waals surface area contributed by atoms with Gasteiger partial charge in [0.25, 0.3) is 0 Å². The first-order chi connectivity index (χ1) is 9.60. The van der Waals surface area contributed by atoms with Crippen LogP contribution in [0.3, 0.4) is 0 Å². The Morgan fingerprint density at radius 1 is 1.25 bits per heavy atom. The van der Waals surface area contributed by atoms with E-state index in [0.717, 1.165) is 43.3 Å². The van der Waals surface area contributed by atoms with E-state index in [1.807, 2.05) is 6.20 Å². The molecule has 0 aliphatic heterocycles. The Morgan fingerprint density at radius 2 is 2.00 bits per heavy atom. The molecule has 1 N–H and O–H groups in total. The van der Waals surface area contributed by atoms with Crippen molar-refractivity contribution in [1.29, 1.82) is 0 Å². The molecule has 1 rings (SSSR count). The van der Waals surface area contributed by atoms with Crippen molar-refractivity contribution in [2.45, 2.75) is 59.4 Å². The number of nitrogens with one attached hydrogen (secondary N) is 1. The van der Waals surface area contributed by atoms with Gasteiger partial charge in [-0.25, -0.2) is 9.97 Å². The van der Waals surface area contributed by atoms with Gasteiger partial charge in [0.05, 0.1) is 17.6 Å². The lowest BCUT2D eigenvalue weighted by molar-refractivity contribution is 0.648. The van der Waals surface area contributed by atoms with E-state index < -0.39 is 0 Å². The summed E-state index contributed by atoms with van der Waals surface area (Å²) >= 11 is 0. The van der Waals surface area contributed by atoms with Gasteiger partial charge < -0.3 is 10.2 Å². The Balaban J connectivity index is 2.89. The molecule has 4 nitrogen and oxygen atoms in total. The van der Waals surface area contributed by atoms with E-state index in [2.05, 4.69) is 49.9 Å². The zero-order valence-corrected chi connectivity index (χ0v) is 13.7. The lowest BCUT2D eigenvalue weighted by Gasteiger charge is -2.22. The largest absolute Gasteiger partial charge is 0.372 e. The van der Waals surface area contributed by atoms with Gasteiger partial charge in [0, 0.05) is 26.1 Å². The van der Waals surface area contributed by atoms with Gasteiger partial charge in [-0.05, 0) is 19.4 Å². The normalized spacial score (nSPS) is 11.1. The second kappa shape index (κ2) is 8.90. The van der Waals surface area contributed by atoms with Gasteiger partial charge in [-0.15, -0.1) is 0 Å². The minimum absolute atomic E-state index is 0.370. The Labute approximate surface area is 124 Å². The van der Waals surface area contributed by atoms with Crippen LogP contribution in [0.25, 0.3) is 0 Å². The molecule has 0 aliphatic rings. The molecule has 0 spiro atoms. The Hall–Kier alpha value is -1.16. The molecular formula is C16H30N4. The smallest absolute Gasteiger partial charge is 0.131 e. The molecule has 0 fully saturated rings. The lowest BCUT2D eigenvalue weighted by atomic mass is 10.2. The molecule has 114 valence electrons. The van der Waals surface area contributed by atoms with Crippen LogP contribution in [0.5, 0.6) is 0 Å². The van der Waals surface area contributed by atoms with Crippen molar-refractivity contribution in [3.63, 3.8) is 0 Å². The predicted molar refractivity (Wildman–Crippen MR) is 86.3 cm³/mol. The minimum atomic E-state index is 0.370. The lowest BCUT2D eigenvalue weighted by Crippen LogP contribution is -2.24. The molecular weight excluding hydrogens is 248 g/mol. The molecule has 0 aromatic carbocycles. The molecule has 1 aromatic heterocycles. The molecule has 0 saturated carbocycles. The number of hydrogen-bond acceptors (Lipinski definition) is 4. The van der Waals surface area contributed by atoms with Crippen LogP contribution in [0.1, 0.15) is 64.4 Å². The van der Waals surface area contributed by atoms with Crippen LogP contribution in [-0.4, -0.2) is 30.1 Å². The fourth-order valence-electron chi connectivity index (χ4n) is 2.05. The standard InChI is InChI=1S/C16H30N4/c1-6-8-10-20(5)15-12-18-16(13(3)4)19-14(15)11-17-9-7-2/h12-13,17H,6-11H2,1-5H3. The average molecular weight is 278 g/mol. The number of hydrogen-bond donors (Lipinski definition) is 1. The summed E-state index contributed by atoms with van der Waals surface area (Å²) in [6, 6.07) is 0. The highest BCUT2D eigenvalue weighted by Gasteiger charge is 2.12. The van der Waals surface area contributed by atoms with Crippen LogP contribution in [0, 0.1) is 0 Å². The summed E-state index contributed by atoms with van der Waals surface area (Å²) in [5, 5.41) is 3.45. The van der Waals surface area contributed by atoms with E-state index in [-0.39, 0.29) is 0 Å². The maximum atomic E-state index is 4.76. The van der Waals surface area contributed by atoms with Gasteiger partial charge in [-0.2, -0.15) is 0 Å². The second-order valence-corrected chi connectivity index (χ2v) is 5.67. The highest BCUT2D eigenvalue weighted by molar-refractivity contribution is 5.48. The molecule has 0 radical (unpaired) electrons. The van der Waals surface area contributed by atoms with Crippen molar-refractivity contribution in [2.75, 3.05) is 25.0 Å². The molecule has 0 unspecified atom stereocenters. The van der Waals surface area contributed by atoms with Crippen molar-refractivity contribution in [2.24, 2.45) is 0 Å². The molecule has 0 amide bonds. The molecule has 20 heavy (non-hydrogen) atoms. The van der Waals surface area contributed by atoms with Crippen LogP contribution in [0.15, 0.2) is 6.20 Å². The molecule has 0 atom stereocenters. The summed E-state index contributed by atoms with van der Waals surface area (Å²) < 4.78 is 0. The Kier molecular flexibility index (Phi) is 7.52. The van der Waals surface area contributed by atoms with E-state index >= 15 is 0 Å². The van der Waals surface area contributed by atoms with Crippen molar-refractivity contribution >= 4 is 5.69 Å². The first kappa shape index (κ1) is 16.9. The predicted octanol–water partition coefficient (Wildman–Crippen LogP) is 3.34. The topological polar surface area (TPSA) is 41.1 Å². The SMILES string of the molecule is CCCCN(C)c1cnc(C(C)C)nc1CNCCC. The number of rotatable bonds is 9. The van der Waals surface area contributed by atoms with Crippen LogP contribution in [0.4, 0.5) is 5.69 Å². The monoisotopic (exact) mass is 278 g/mol. The summed E-state index contributed by atoms with van der Waals surface area (Å²) in [4.78, 5) is 11.5. The van der Waals surface area contributed by atoms with Crippen LogP contribution in [-0.2, 0) is 6.54 Å². The van der Waals surface area contributed by atoms with Crippen LogP contribution in [0.2, 0.25) is 0 Å². The quantitative estimate of drug-likeness (QED) is 0.703. The molecule has 4 heteroatoms. The summed E-state index contributed by atoms with van der Waals surface area (Å²) in [6.45, 7) is 11.6. The van der Waals surface area contributed by atoms with Gasteiger partial charge >= 0.3 is 0 Å². The van der Waals surface area contributed by atoms with Gasteiger partial charge in [-0.1, -0.05) is 34.1 Å². The maximum absolute atomic E-state index is 4.76. The van der Waals surface area contributed by atoms with E-state index in [1.54, 1.807) is 0 Å². The molecule has 0 aliphatic carbocycles. The molecule has 1 aromatic rings. The zero-order chi connectivity index (χ0) is 15.0. The van der Waals surface area contributed by atoms with Gasteiger partial charge in [0.15, 0.2) is 0 Å². The van der Waals surface area contributed by atoms with E-state index in [1.165, 1.54) is 12.8 Å². The van der Waals surface area contributed by atoms with Gasteiger partial charge in [-0.3, -0.25) is 0 Å². The Morgan fingerprint density at radius 3 is 2.60 bits per heavy atom. The third-order valence-corrected chi connectivity index (χ3v) is 3.36. The summed E-state index contributed by atoms with van der Waals surface area (Å²) in [7, 11) is 2.13. The summed E-state index contributed by atoms with van der Waals surface area (Å²) in [5.41, 5.74) is 2.28. The maximum Gasteiger partial charge on any atom is 0.131 e. The summed E-state index contributed by atoms with van der Waals surface area (Å²) in [5.74, 6) is 1.31. The van der Waals surface area contributed by atoms with E-state index in [0.29, 0.717) is 5.92 Å². The second-order valence-electron chi connectivity index (χ2n) is 5.67. The third-order valence-electron chi connectivity index (χ3n) is 3.36. The zero-order valence-electron chi connectivity index (χ0n) is 13.7. The highest BCUT2D eigenvalue weighted by atomic mass is 15.1. The van der Waals surface area contributed by atoms with Crippen molar-refractivity contribution in [1.82, 2.24) is 15.3 Å². The first-order valence-electron chi connectivity index (χ1n) is 7.87. The fraction of sp³-hybridized carbons (Fsp3) is 0.750. The van der Waals surface area contributed by atoms with Crippen molar-refractivity contribution in [3.05, 3.63) is 17.7 Å². The first-order valence-corrected chi connectivity index (χ1v) is 7.87. The Bertz CT molecular complexity index is 390. The third kappa shape index (κ3) is 5.08. The van der Waals surface area contributed by atoms with E-state index in [4.69, 9.17) is 4.98 Å². The highest BCUT2D eigenvalue weighted by Crippen LogP contribution is 2.19.